The van der Waals surface area contributed by atoms with E-state index in [2.05, 4.69) is 80.9 Å². The van der Waals surface area contributed by atoms with E-state index in [0.29, 0.717) is 6.04 Å². The van der Waals surface area contributed by atoms with Gasteiger partial charge in [0.05, 0.1) is 6.04 Å². The van der Waals surface area contributed by atoms with Crippen molar-refractivity contribution in [3.05, 3.63) is 64.1 Å². The lowest BCUT2D eigenvalue weighted by molar-refractivity contribution is 0.241. The SMILES string of the molecule is CSc1ccc(C(c2cccc(Br)c2)N2CCCNCC2)cc1. The van der Waals surface area contributed by atoms with Crippen molar-refractivity contribution < 1.29 is 0 Å². The Labute approximate surface area is 151 Å². The number of hydrogen-bond acceptors (Lipinski definition) is 3. The molecule has 0 bridgehead atoms. The fourth-order valence-electron chi connectivity index (χ4n) is 3.20. The minimum atomic E-state index is 0.323. The maximum absolute atomic E-state index is 3.63. The second-order valence-electron chi connectivity index (χ2n) is 5.87. The smallest absolute Gasteiger partial charge is 0.0602 e. The van der Waals surface area contributed by atoms with Crippen molar-refractivity contribution in [3.8, 4) is 0 Å². The maximum atomic E-state index is 3.63. The highest BCUT2D eigenvalue weighted by atomic mass is 79.9. The van der Waals surface area contributed by atoms with E-state index in [1.807, 2.05) is 0 Å². The molecule has 1 atom stereocenters. The van der Waals surface area contributed by atoms with Gasteiger partial charge in [-0.15, -0.1) is 11.8 Å². The summed E-state index contributed by atoms with van der Waals surface area (Å²) >= 11 is 5.43. The van der Waals surface area contributed by atoms with Crippen LogP contribution in [0.3, 0.4) is 0 Å². The van der Waals surface area contributed by atoms with E-state index >= 15 is 0 Å². The highest BCUT2D eigenvalue weighted by Crippen LogP contribution is 2.31. The summed E-state index contributed by atoms with van der Waals surface area (Å²) in [5.74, 6) is 0. The molecule has 2 aromatic rings. The quantitative estimate of drug-likeness (QED) is 0.770. The predicted octanol–water partition coefficient (Wildman–Crippen LogP) is 4.56. The van der Waals surface area contributed by atoms with Crippen LogP contribution in [0.4, 0.5) is 0 Å². The highest BCUT2D eigenvalue weighted by molar-refractivity contribution is 9.10. The molecule has 1 fully saturated rings. The average Bonchev–Trinajstić information content (AvgIpc) is 2.85. The van der Waals surface area contributed by atoms with Gasteiger partial charge in [0, 0.05) is 29.0 Å². The fourth-order valence-corrected chi connectivity index (χ4v) is 4.03. The molecule has 1 aliphatic rings. The zero-order chi connectivity index (χ0) is 16.1. The largest absolute Gasteiger partial charge is 0.315 e. The molecule has 23 heavy (non-hydrogen) atoms. The van der Waals surface area contributed by atoms with Crippen molar-refractivity contribution in [1.82, 2.24) is 10.2 Å². The first kappa shape index (κ1) is 17.0. The number of benzene rings is 2. The van der Waals surface area contributed by atoms with Gasteiger partial charge >= 0.3 is 0 Å². The van der Waals surface area contributed by atoms with Gasteiger partial charge in [0.1, 0.15) is 0 Å². The first-order valence-electron chi connectivity index (χ1n) is 8.12. The van der Waals surface area contributed by atoms with E-state index in [1.165, 1.54) is 22.4 Å². The van der Waals surface area contributed by atoms with Crippen molar-refractivity contribution in [2.75, 3.05) is 32.4 Å². The Balaban J connectivity index is 1.97. The van der Waals surface area contributed by atoms with E-state index in [9.17, 15) is 0 Å². The number of hydrogen-bond donors (Lipinski definition) is 1. The van der Waals surface area contributed by atoms with Crippen LogP contribution >= 0.6 is 27.7 Å². The molecule has 0 amide bonds. The molecule has 0 radical (unpaired) electrons. The Kier molecular flexibility index (Phi) is 6.17. The second kappa shape index (κ2) is 8.34. The monoisotopic (exact) mass is 390 g/mol. The molecule has 1 saturated heterocycles. The van der Waals surface area contributed by atoms with Crippen LogP contribution < -0.4 is 5.32 Å². The van der Waals surface area contributed by atoms with Crippen molar-refractivity contribution in [3.63, 3.8) is 0 Å². The first-order chi connectivity index (χ1) is 11.3. The van der Waals surface area contributed by atoms with Crippen molar-refractivity contribution in [2.24, 2.45) is 0 Å². The van der Waals surface area contributed by atoms with Crippen LogP contribution in [0.1, 0.15) is 23.6 Å². The summed E-state index contributed by atoms with van der Waals surface area (Å²) in [5.41, 5.74) is 2.74. The summed E-state index contributed by atoms with van der Waals surface area (Å²) in [6.45, 7) is 4.40. The van der Waals surface area contributed by atoms with Gasteiger partial charge in [-0.3, -0.25) is 4.90 Å². The number of nitrogens with zero attached hydrogens (tertiary/aromatic N) is 1. The molecule has 122 valence electrons. The van der Waals surface area contributed by atoms with E-state index in [0.717, 1.165) is 30.7 Å². The van der Waals surface area contributed by atoms with Gasteiger partial charge in [0.25, 0.3) is 0 Å². The van der Waals surface area contributed by atoms with Gasteiger partial charge in [0.15, 0.2) is 0 Å². The van der Waals surface area contributed by atoms with Crippen LogP contribution in [0, 0.1) is 0 Å². The Morgan fingerprint density at radius 1 is 1.04 bits per heavy atom. The summed E-state index contributed by atoms with van der Waals surface area (Å²) in [6.07, 6.45) is 3.33. The molecule has 1 N–H and O–H groups in total. The lowest BCUT2D eigenvalue weighted by atomic mass is 9.97. The third-order valence-corrected chi connectivity index (χ3v) is 5.57. The summed E-state index contributed by atoms with van der Waals surface area (Å²) in [5, 5.41) is 3.51. The van der Waals surface area contributed by atoms with E-state index in [1.54, 1.807) is 11.8 Å². The molecule has 0 aliphatic carbocycles. The molecular weight excluding hydrogens is 368 g/mol. The van der Waals surface area contributed by atoms with Gasteiger partial charge in [-0.1, -0.05) is 40.2 Å². The van der Waals surface area contributed by atoms with Crippen LogP contribution in [0.2, 0.25) is 0 Å². The molecule has 1 aliphatic heterocycles. The van der Waals surface area contributed by atoms with Crippen molar-refractivity contribution >= 4 is 27.7 Å². The predicted molar refractivity (Wildman–Crippen MR) is 103 cm³/mol. The summed E-state index contributed by atoms with van der Waals surface area (Å²) in [4.78, 5) is 3.93. The molecule has 4 heteroatoms. The Bertz CT molecular complexity index is 622. The molecule has 0 saturated carbocycles. The third-order valence-electron chi connectivity index (χ3n) is 4.34. The fraction of sp³-hybridized carbons (Fsp3) is 0.368. The van der Waals surface area contributed by atoms with Gasteiger partial charge in [0.2, 0.25) is 0 Å². The van der Waals surface area contributed by atoms with Crippen LogP contribution in [0.5, 0.6) is 0 Å². The molecule has 2 nitrogen and oxygen atoms in total. The Morgan fingerprint density at radius 3 is 2.61 bits per heavy atom. The second-order valence-corrected chi connectivity index (χ2v) is 7.67. The molecule has 1 unspecified atom stereocenters. The maximum Gasteiger partial charge on any atom is 0.0602 e. The summed E-state index contributed by atoms with van der Waals surface area (Å²) in [7, 11) is 0. The Hall–Kier alpha value is -0.810. The van der Waals surface area contributed by atoms with E-state index in [4.69, 9.17) is 0 Å². The van der Waals surface area contributed by atoms with E-state index in [-0.39, 0.29) is 0 Å². The molecule has 2 aromatic carbocycles. The molecule has 0 aromatic heterocycles. The molecule has 3 rings (SSSR count). The number of rotatable bonds is 4. The Morgan fingerprint density at radius 2 is 1.87 bits per heavy atom. The summed E-state index contributed by atoms with van der Waals surface area (Å²) in [6, 6.07) is 18.1. The van der Waals surface area contributed by atoms with Gasteiger partial charge in [-0.25, -0.2) is 0 Å². The zero-order valence-electron chi connectivity index (χ0n) is 13.5. The zero-order valence-corrected chi connectivity index (χ0v) is 15.9. The summed E-state index contributed by atoms with van der Waals surface area (Å²) < 4.78 is 1.15. The van der Waals surface area contributed by atoms with Crippen LogP contribution in [-0.4, -0.2) is 37.3 Å². The van der Waals surface area contributed by atoms with Crippen LogP contribution in [0.25, 0.3) is 0 Å². The third kappa shape index (κ3) is 4.38. The van der Waals surface area contributed by atoms with Gasteiger partial charge in [-0.05, 0) is 54.6 Å². The van der Waals surface area contributed by atoms with Crippen LogP contribution in [0.15, 0.2) is 57.9 Å². The lowest BCUT2D eigenvalue weighted by Crippen LogP contribution is -2.33. The normalized spacial score (nSPS) is 17.7. The molecular formula is C19H23BrN2S. The highest BCUT2D eigenvalue weighted by Gasteiger charge is 2.23. The molecule has 0 spiro atoms. The lowest BCUT2D eigenvalue weighted by Gasteiger charge is -2.31. The molecule has 1 heterocycles. The topological polar surface area (TPSA) is 15.3 Å². The number of thioether (sulfide) groups is 1. The van der Waals surface area contributed by atoms with E-state index < -0.39 is 0 Å². The standard InChI is InChI=1S/C19H23BrN2S/c1-23-18-8-6-15(7-9-18)19(16-4-2-5-17(20)14-16)22-12-3-10-21-11-13-22/h2,4-9,14,19,21H,3,10-13H2,1H3. The first-order valence-corrected chi connectivity index (χ1v) is 10.1. The minimum Gasteiger partial charge on any atom is -0.315 e. The van der Waals surface area contributed by atoms with Gasteiger partial charge in [-0.2, -0.15) is 0 Å². The van der Waals surface area contributed by atoms with Gasteiger partial charge < -0.3 is 5.32 Å². The van der Waals surface area contributed by atoms with Crippen molar-refractivity contribution in [2.45, 2.75) is 17.4 Å². The average molecular weight is 391 g/mol. The number of nitrogens with one attached hydrogen (secondary N) is 1. The minimum absolute atomic E-state index is 0.323. The van der Waals surface area contributed by atoms with Crippen molar-refractivity contribution in [1.29, 1.82) is 0 Å². The van der Waals surface area contributed by atoms with Crippen LogP contribution in [-0.2, 0) is 0 Å². The number of halogens is 1.